The SMILES string of the molecule is CCCc1c(C(=O)NCc2ccc3c(N)nccc3c2)cc(C)n1Cc1csc(-c2ccccc2)n1. The summed E-state index contributed by atoms with van der Waals surface area (Å²) in [7, 11) is 0. The molecule has 0 radical (unpaired) electrons. The number of thiazole rings is 1. The maximum absolute atomic E-state index is 13.3. The van der Waals surface area contributed by atoms with Crippen molar-refractivity contribution in [3.63, 3.8) is 0 Å². The fraction of sp³-hybridized carbons (Fsp3) is 0.207. The van der Waals surface area contributed by atoms with Crippen molar-refractivity contribution in [3.8, 4) is 10.6 Å². The van der Waals surface area contributed by atoms with Crippen LogP contribution in [0, 0.1) is 6.92 Å². The summed E-state index contributed by atoms with van der Waals surface area (Å²) in [5.41, 5.74) is 12.0. The minimum atomic E-state index is -0.0575. The zero-order valence-electron chi connectivity index (χ0n) is 20.5. The minimum Gasteiger partial charge on any atom is -0.383 e. The highest BCUT2D eigenvalue weighted by Crippen LogP contribution is 2.26. The first-order valence-electron chi connectivity index (χ1n) is 12.1. The molecule has 5 aromatic rings. The van der Waals surface area contributed by atoms with Crippen LogP contribution in [0.15, 0.2) is 72.2 Å². The van der Waals surface area contributed by atoms with Crippen LogP contribution in [0.4, 0.5) is 5.82 Å². The summed E-state index contributed by atoms with van der Waals surface area (Å²) in [6, 6.07) is 20.1. The largest absolute Gasteiger partial charge is 0.383 e. The summed E-state index contributed by atoms with van der Waals surface area (Å²) < 4.78 is 2.23. The highest BCUT2D eigenvalue weighted by molar-refractivity contribution is 7.13. The summed E-state index contributed by atoms with van der Waals surface area (Å²) in [6.45, 7) is 5.29. The third kappa shape index (κ3) is 4.88. The number of carbonyl (C=O) groups is 1. The Balaban J connectivity index is 1.35. The van der Waals surface area contributed by atoms with E-state index in [1.165, 1.54) is 0 Å². The molecule has 3 heterocycles. The van der Waals surface area contributed by atoms with Gasteiger partial charge in [0.2, 0.25) is 0 Å². The average Bonchev–Trinajstić information content (AvgIpc) is 3.49. The van der Waals surface area contributed by atoms with Crippen molar-refractivity contribution in [2.45, 2.75) is 39.8 Å². The number of amides is 1. The smallest absolute Gasteiger partial charge is 0.253 e. The molecule has 0 atom stereocenters. The van der Waals surface area contributed by atoms with E-state index >= 15 is 0 Å². The number of hydrogen-bond acceptors (Lipinski definition) is 5. The number of pyridine rings is 1. The molecule has 0 fully saturated rings. The molecular formula is C29H29N5OS. The van der Waals surface area contributed by atoms with Gasteiger partial charge in [-0.15, -0.1) is 11.3 Å². The van der Waals surface area contributed by atoms with Gasteiger partial charge in [0, 0.05) is 40.5 Å². The molecule has 7 heteroatoms. The van der Waals surface area contributed by atoms with E-state index in [0.29, 0.717) is 18.9 Å². The lowest BCUT2D eigenvalue weighted by atomic mass is 10.1. The zero-order valence-corrected chi connectivity index (χ0v) is 21.3. The summed E-state index contributed by atoms with van der Waals surface area (Å²) in [6.07, 6.45) is 3.48. The first-order chi connectivity index (χ1) is 17.5. The van der Waals surface area contributed by atoms with Crippen molar-refractivity contribution in [2.75, 3.05) is 5.73 Å². The number of anilines is 1. The maximum atomic E-state index is 13.3. The zero-order chi connectivity index (χ0) is 25.1. The van der Waals surface area contributed by atoms with E-state index in [9.17, 15) is 4.79 Å². The fourth-order valence-corrected chi connectivity index (χ4v) is 5.36. The van der Waals surface area contributed by atoms with Crippen LogP contribution in [0.2, 0.25) is 0 Å². The molecule has 0 saturated heterocycles. The van der Waals surface area contributed by atoms with Gasteiger partial charge < -0.3 is 15.6 Å². The maximum Gasteiger partial charge on any atom is 0.253 e. The molecule has 2 aromatic carbocycles. The molecule has 6 nitrogen and oxygen atoms in total. The number of rotatable bonds is 8. The number of aromatic nitrogens is 3. The summed E-state index contributed by atoms with van der Waals surface area (Å²) in [5, 5.41) is 8.17. The molecule has 182 valence electrons. The number of fused-ring (bicyclic) bond motifs is 1. The van der Waals surface area contributed by atoms with Crippen LogP contribution in [-0.4, -0.2) is 20.4 Å². The van der Waals surface area contributed by atoms with E-state index in [2.05, 4.69) is 46.2 Å². The molecule has 3 aromatic heterocycles. The van der Waals surface area contributed by atoms with Gasteiger partial charge >= 0.3 is 0 Å². The Kier molecular flexibility index (Phi) is 6.82. The van der Waals surface area contributed by atoms with Gasteiger partial charge in [0.25, 0.3) is 5.91 Å². The van der Waals surface area contributed by atoms with Gasteiger partial charge in [-0.05, 0) is 42.5 Å². The van der Waals surface area contributed by atoms with Crippen LogP contribution in [0.1, 0.15) is 46.3 Å². The van der Waals surface area contributed by atoms with Crippen molar-refractivity contribution in [1.82, 2.24) is 19.9 Å². The second kappa shape index (κ2) is 10.3. The third-order valence-corrected chi connectivity index (χ3v) is 7.29. The highest BCUT2D eigenvalue weighted by Gasteiger charge is 2.19. The van der Waals surface area contributed by atoms with E-state index in [1.54, 1.807) is 17.5 Å². The van der Waals surface area contributed by atoms with E-state index in [0.717, 1.165) is 62.4 Å². The van der Waals surface area contributed by atoms with E-state index in [1.807, 2.05) is 48.5 Å². The van der Waals surface area contributed by atoms with E-state index in [-0.39, 0.29) is 5.91 Å². The van der Waals surface area contributed by atoms with Crippen molar-refractivity contribution >= 4 is 33.8 Å². The second-order valence-electron chi connectivity index (χ2n) is 8.93. The number of nitrogens with zero attached hydrogens (tertiary/aromatic N) is 3. The Labute approximate surface area is 214 Å². The molecule has 5 rings (SSSR count). The Hall–Kier alpha value is -3.97. The quantitative estimate of drug-likeness (QED) is 0.277. The predicted octanol–water partition coefficient (Wildman–Crippen LogP) is 5.98. The molecule has 0 spiro atoms. The topological polar surface area (TPSA) is 85.8 Å². The number of nitrogen functional groups attached to an aromatic ring is 1. The van der Waals surface area contributed by atoms with Gasteiger partial charge in [-0.2, -0.15) is 0 Å². The molecule has 3 N–H and O–H groups in total. The van der Waals surface area contributed by atoms with Crippen LogP contribution in [0.3, 0.4) is 0 Å². The molecule has 0 aliphatic carbocycles. The van der Waals surface area contributed by atoms with Crippen molar-refractivity contribution < 1.29 is 4.79 Å². The lowest BCUT2D eigenvalue weighted by molar-refractivity contribution is 0.0950. The van der Waals surface area contributed by atoms with Gasteiger partial charge in [-0.25, -0.2) is 9.97 Å². The highest BCUT2D eigenvalue weighted by atomic mass is 32.1. The molecule has 36 heavy (non-hydrogen) atoms. The summed E-state index contributed by atoms with van der Waals surface area (Å²) in [5.74, 6) is 0.456. The Bertz CT molecular complexity index is 1520. The molecule has 0 saturated carbocycles. The Morgan fingerprint density at radius 1 is 1.11 bits per heavy atom. The van der Waals surface area contributed by atoms with Crippen molar-refractivity contribution in [2.24, 2.45) is 0 Å². The van der Waals surface area contributed by atoms with Gasteiger partial charge in [0.1, 0.15) is 10.8 Å². The predicted molar refractivity (Wildman–Crippen MR) is 147 cm³/mol. The van der Waals surface area contributed by atoms with Crippen LogP contribution in [0.5, 0.6) is 0 Å². The molecule has 0 aliphatic rings. The Morgan fingerprint density at radius 3 is 2.75 bits per heavy atom. The normalized spacial score (nSPS) is 11.2. The van der Waals surface area contributed by atoms with Gasteiger partial charge in [0.05, 0.1) is 17.8 Å². The second-order valence-corrected chi connectivity index (χ2v) is 9.78. The number of nitrogens with two attached hydrogens (primary N) is 1. The molecule has 0 unspecified atom stereocenters. The van der Waals surface area contributed by atoms with Gasteiger partial charge in [-0.3, -0.25) is 4.79 Å². The molecular weight excluding hydrogens is 466 g/mol. The average molecular weight is 496 g/mol. The lowest BCUT2D eigenvalue weighted by Crippen LogP contribution is -2.24. The fourth-order valence-electron chi connectivity index (χ4n) is 4.54. The first kappa shape index (κ1) is 23.8. The first-order valence-corrected chi connectivity index (χ1v) is 13.0. The van der Waals surface area contributed by atoms with Crippen LogP contribution in [0.25, 0.3) is 21.3 Å². The van der Waals surface area contributed by atoms with Crippen LogP contribution in [-0.2, 0) is 19.5 Å². The van der Waals surface area contributed by atoms with Crippen molar-refractivity contribution in [3.05, 3.63) is 100 Å². The lowest BCUT2D eigenvalue weighted by Gasteiger charge is -2.12. The summed E-state index contributed by atoms with van der Waals surface area (Å²) in [4.78, 5) is 22.3. The standard InChI is InChI=1S/C29H29N5OS/c1-3-7-26-25(28(35)32-16-20-10-11-24-22(15-20)12-13-31-27(24)30)14-19(2)34(26)17-23-18-36-29(33-23)21-8-5-4-6-9-21/h4-6,8-15,18H,3,7,16-17H2,1-2H3,(H2,30,31)(H,32,35). The summed E-state index contributed by atoms with van der Waals surface area (Å²) >= 11 is 1.65. The van der Waals surface area contributed by atoms with Gasteiger partial charge in [0.15, 0.2) is 0 Å². The number of carbonyl (C=O) groups excluding carboxylic acids is 1. The monoisotopic (exact) mass is 495 g/mol. The van der Waals surface area contributed by atoms with Crippen LogP contribution < -0.4 is 11.1 Å². The van der Waals surface area contributed by atoms with Crippen molar-refractivity contribution in [1.29, 1.82) is 0 Å². The molecule has 0 aliphatic heterocycles. The van der Waals surface area contributed by atoms with Gasteiger partial charge in [-0.1, -0.05) is 55.8 Å². The minimum absolute atomic E-state index is 0.0575. The van der Waals surface area contributed by atoms with E-state index < -0.39 is 0 Å². The Morgan fingerprint density at radius 2 is 1.94 bits per heavy atom. The molecule has 0 bridgehead atoms. The number of aryl methyl sites for hydroxylation is 1. The van der Waals surface area contributed by atoms with E-state index in [4.69, 9.17) is 10.7 Å². The number of nitrogens with one attached hydrogen (secondary N) is 1. The number of benzene rings is 2. The van der Waals surface area contributed by atoms with Crippen LogP contribution >= 0.6 is 11.3 Å². The third-order valence-electron chi connectivity index (χ3n) is 6.35. The molecule has 1 amide bonds. The number of hydrogen-bond donors (Lipinski definition) is 2.